The van der Waals surface area contributed by atoms with Gasteiger partial charge in [-0.1, -0.05) is 0 Å². The van der Waals surface area contributed by atoms with E-state index in [1.807, 2.05) is 18.3 Å². The van der Waals surface area contributed by atoms with Gasteiger partial charge in [-0.15, -0.1) is 0 Å². The Balaban J connectivity index is 1.56. The van der Waals surface area contributed by atoms with Crippen molar-refractivity contribution in [2.24, 2.45) is 0 Å². The molecule has 1 saturated heterocycles. The van der Waals surface area contributed by atoms with Crippen molar-refractivity contribution in [3.8, 4) is 0 Å². The molecule has 0 radical (unpaired) electrons. The Morgan fingerprint density at radius 1 is 1.26 bits per heavy atom. The summed E-state index contributed by atoms with van der Waals surface area (Å²) in [5.41, 5.74) is 2.14. The van der Waals surface area contributed by atoms with E-state index >= 15 is 0 Å². The molecule has 6 heteroatoms. The van der Waals surface area contributed by atoms with Crippen molar-refractivity contribution >= 4 is 28.2 Å². The van der Waals surface area contributed by atoms with Crippen molar-refractivity contribution in [1.82, 2.24) is 9.97 Å². The highest BCUT2D eigenvalue weighted by Gasteiger charge is 2.27. The third-order valence-electron chi connectivity index (χ3n) is 5.46. The van der Waals surface area contributed by atoms with E-state index in [9.17, 15) is 4.39 Å². The molecule has 1 atom stereocenters. The van der Waals surface area contributed by atoms with Crippen molar-refractivity contribution in [2.75, 3.05) is 47.9 Å². The van der Waals surface area contributed by atoms with Gasteiger partial charge in [0.25, 0.3) is 0 Å². The molecule has 0 saturated carbocycles. The van der Waals surface area contributed by atoms with Crippen LogP contribution in [0.1, 0.15) is 13.8 Å². The van der Waals surface area contributed by atoms with Crippen LogP contribution in [0.2, 0.25) is 0 Å². The number of halogens is 1. The Hall–Kier alpha value is -2.76. The third kappa shape index (κ3) is 3.31. The Morgan fingerprint density at radius 3 is 2.89 bits per heavy atom. The van der Waals surface area contributed by atoms with Gasteiger partial charge >= 0.3 is 0 Å². The van der Waals surface area contributed by atoms with E-state index < -0.39 is 0 Å². The van der Waals surface area contributed by atoms with E-state index in [-0.39, 0.29) is 5.82 Å². The maximum atomic E-state index is 13.5. The summed E-state index contributed by atoms with van der Waals surface area (Å²) in [6.45, 7) is 8.00. The number of benzene rings is 1. The topological polar surface area (TPSA) is 38.4 Å². The molecule has 0 aliphatic carbocycles. The summed E-state index contributed by atoms with van der Waals surface area (Å²) in [6, 6.07) is 11.4. The van der Waals surface area contributed by atoms with Crippen LogP contribution in [-0.4, -0.2) is 49.2 Å². The van der Waals surface area contributed by atoms with E-state index in [0.29, 0.717) is 6.04 Å². The van der Waals surface area contributed by atoms with Crippen LogP contribution in [0.4, 0.5) is 21.7 Å². The first-order valence-electron chi connectivity index (χ1n) is 9.53. The number of aromatic nitrogens is 2. The fourth-order valence-electron chi connectivity index (χ4n) is 3.85. The van der Waals surface area contributed by atoms with Crippen molar-refractivity contribution in [3.05, 3.63) is 48.4 Å². The molecule has 1 aromatic carbocycles. The molecule has 2 aromatic heterocycles. The minimum atomic E-state index is -0.200. The normalized spacial score (nSPS) is 17.6. The first kappa shape index (κ1) is 17.6. The van der Waals surface area contributed by atoms with Crippen molar-refractivity contribution in [2.45, 2.75) is 19.9 Å². The smallest absolute Gasteiger partial charge is 0.152 e. The number of fused-ring (bicyclic) bond motifs is 1. The maximum Gasteiger partial charge on any atom is 0.152 e. The lowest BCUT2D eigenvalue weighted by atomic mass is 10.1. The highest BCUT2D eigenvalue weighted by atomic mass is 19.1. The number of aromatic amines is 1. The number of piperazine rings is 1. The van der Waals surface area contributed by atoms with Crippen molar-refractivity contribution in [3.63, 3.8) is 0 Å². The van der Waals surface area contributed by atoms with Gasteiger partial charge in [0.15, 0.2) is 5.82 Å². The lowest BCUT2D eigenvalue weighted by Crippen LogP contribution is -2.52. The average molecular weight is 367 g/mol. The number of H-pyrrole nitrogens is 1. The SMILES string of the molecule is CCN(C)c1cccnc1N1CCN(c2cc3cc(F)ccc3[nH]2)C(C)C1. The summed E-state index contributed by atoms with van der Waals surface area (Å²) in [5.74, 6) is 1.90. The summed E-state index contributed by atoms with van der Waals surface area (Å²) in [5, 5.41) is 0.913. The van der Waals surface area contributed by atoms with Crippen LogP contribution in [0.25, 0.3) is 10.9 Å². The number of hydrogen-bond acceptors (Lipinski definition) is 4. The van der Waals surface area contributed by atoms with E-state index in [4.69, 9.17) is 0 Å². The number of nitrogens with one attached hydrogen (secondary N) is 1. The van der Waals surface area contributed by atoms with Gasteiger partial charge in [-0.05, 0) is 50.2 Å². The quantitative estimate of drug-likeness (QED) is 0.760. The largest absolute Gasteiger partial charge is 0.372 e. The molecule has 27 heavy (non-hydrogen) atoms. The van der Waals surface area contributed by atoms with Crippen molar-refractivity contribution < 1.29 is 4.39 Å². The summed E-state index contributed by atoms with van der Waals surface area (Å²) in [7, 11) is 2.10. The average Bonchev–Trinajstić information content (AvgIpc) is 3.10. The maximum absolute atomic E-state index is 13.5. The van der Waals surface area contributed by atoms with Crippen LogP contribution in [-0.2, 0) is 0 Å². The number of pyridine rings is 1. The van der Waals surface area contributed by atoms with Gasteiger partial charge in [-0.25, -0.2) is 9.37 Å². The van der Waals surface area contributed by atoms with E-state index in [2.05, 4.69) is 51.6 Å². The van der Waals surface area contributed by atoms with Gasteiger partial charge in [-0.3, -0.25) is 0 Å². The van der Waals surface area contributed by atoms with Crippen LogP contribution in [0.15, 0.2) is 42.6 Å². The Kier molecular flexibility index (Phi) is 4.64. The molecule has 0 bridgehead atoms. The summed E-state index contributed by atoms with van der Waals surface area (Å²) in [4.78, 5) is 15.1. The molecule has 1 unspecified atom stereocenters. The van der Waals surface area contributed by atoms with E-state index in [1.165, 1.54) is 11.8 Å². The van der Waals surface area contributed by atoms with Crippen LogP contribution in [0.3, 0.4) is 0 Å². The lowest BCUT2D eigenvalue weighted by Gasteiger charge is -2.42. The van der Waals surface area contributed by atoms with E-state index in [0.717, 1.165) is 48.7 Å². The molecule has 1 aliphatic rings. The Labute approximate surface area is 159 Å². The van der Waals surface area contributed by atoms with Gasteiger partial charge in [0.2, 0.25) is 0 Å². The summed E-state index contributed by atoms with van der Waals surface area (Å²) < 4.78 is 13.5. The number of anilines is 3. The molecular formula is C21H26FN5. The van der Waals surface area contributed by atoms with Crippen LogP contribution >= 0.6 is 0 Å². The molecule has 0 spiro atoms. The lowest BCUT2D eigenvalue weighted by molar-refractivity contribution is 0.544. The fourth-order valence-corrected chi connectivity index (χ4v) is 3.85. The van der Waals surface area contributed by atoms with Gasteiger partial charge in [-0.2, -0.15) is 0 Å². The van der Waals surface area contributed by atoms with Crippen LogP contribution in [0, 0.1) is 5.82 Å². The summed E-state index contributed by atoms with van der Waals surface area (Å²) >= 11 is 0. The molecule has 0 amide bonds. The molecule has 1 N–H and O–H groups in total. The monoisotopic (exact) mass is 367 g/mol. The standard InChI is InChI=1S/C21H26FN5/c1-4-25(3)19-6-5-9-23-21(19)26-10-11-27(15(2)14-26)20-13-16-12-17(22)7-8-18(16)24-20/h5-9,12-13,15,24H,4,10-11,14H2,1-3H3. The highest BCUT2D eigenvalue weighted by molar-refractivity contribution is 5.84. The molecule has 3 heterocycles. The molecule has 4 rings (SSSR count). The van der Waals surface area contributed by atoms with Crippen molar-refractivity contribution in [1.29, 1.82) is 0 Å². The third-order valence-corrected chi connectivity index (χ3v) is 5.46. The van der Waals surface area contributed by atoms with Gasteiger partial charge in [0.05, 0.1) is 5.69 Å². The molecular weight excluding hydrogens is 341 g/mol. The van der Waals surface area contributed by atoms with E-state index in [1.54, 1.807) is 12.1 Å². The predicted octanol–water partition coefficient (Wildman–Crippen LogP) is 3.87. The van der Waals surface area contributed by atoms with Crippen LogP contribution in [0.5, 0.6) is 0 Å². The van der Waals surface area contributed by atoms with Gasteiger partial charge < -0.3 is 19.7 Å². The minimum Gasteiger partial charge on any atom is -0.372 e. The van der Waals surface area contributed by atoms with Crippen LogP contribution < -0.4 is 14.7 Å². The summed E-state index contributed by atoms with van der Waals surface area (Å²) in [6.07, 6.45) is 1.87. The molecule has 3 aromatic rings. The first-order chi connectivity index (χ1) is 13.1. The van der Waals surface area contributed by atoms with Gasteiger partial charge in [0, 0.05) is 56.4 Å². The Morgan fingerprint density at radius 2 is 2.11 bits per heavy atom. The second-order valence-electron chi connectivity index (χ2n) is 7.23. The number of nitrogens with zero attached hydrogens (tertiary/aromatic N) is 4. The minimum absolute atomic E-state index is 0.200. The fraction of sp³-hybridized carbons (Fsp3) is 0.381. The zero-order valence-electron chi connectivity index (χ0n) is 16.1. The predicted molar refractivity (Wildman–Crippen MR) is 110 cm³/mol. The number of rotatable bonds is 4. The molecule has 5 nitrogen and oxygen atoms in total. The molecule has 142 valence electrons. The Bertz CT molecular complexity index is 937. The highest BCUT2D eigenvalue weighted by Crippen LogP contribution is 2.30. The number of hydrogen-bond donors (Lipinski definition) is 1. The zero-order chi connectivity index (χ0) is 19.0. The molecule has 1 aliphatic heterocycles. The zero-order valence-corrected chi connectivity index (χ0v) is 16.1. The second kappa shape index (κ2) is 7.10. The first-order valence-corrected chi connectivity index (χ1v) is 9.53. The van der Waals surface area contributed by atoms with Gasteiger partial charge in [0.1, 0.15) is 11.6 Å². The second-order valence-corrected chi connectivity index (χ2v) is 7.23. The molecule has 1 fully saturated rings.